The van der Waals surface area contributed by atoms with Gasteiger partial charge in [0.1, 0.15) is 11.5 Å². The summed E-state index contributed by atoms with van der Waals surface area (Å²) in [5.74, 6) is 2.63. The van der Waals surface area contributed by atoms with Crippen LogP contribution in [0.2, 0.25) is 0 Å². The molecule has 2 aromatic carbocycles. The minimum atomic E-state index is 0.680. The van der Waals surface area contributed by atoms with Crippen molar-refractivity contribution in [3.63, 3.8) is 0 Å². The van der Waals surface area contributed by atoms with Crippen molar-refractivity contribution in [1.82, 2.24) is 0 Å². The van der Waals surface area contributed by atoms with Gasteiger partial charge in [0.25, 0.3) is 0 Å². The molecule has 2 rings (SSSR count). The molecule has 124 valence electrons. The summed E-state index contributed by atoms with van der Waals surface area (Å²) >= 11 is 0. The van der Waals surface area contributed by atoms with Crippen molar-refractivity contribution in [3.8, 4) is 11.5 Å². The lowest BCUT2D eigenvalue weighted by atomic mass is 9.95. The van der Waals surface area contributed by atoms with Gasteiger partial charge in [-0.05, 0) is 47.7 Å². The van der Waals surface area contributed by atoms with E-state index in [1.165, 1.54) is 24.0 Å². The van der Waals surface area contributed by atoms with Crippen LogP contribution < -0.4 is 9.47 Å². The fourth-order valence-electron chi connectivity index (χ4n) is 2.75. The number of hydrogen-bond acceptors (Lipinski definition) is 2. The third-order valence-corrected chi connectivity index (χ3v) is 4.40. The topological polar surface area (TPSA) is 18.5 Å². The molecule has 2 aromatic rings. The Morgan fingerprint density at radius 2 is 1.61 bits per heavy atom. The molecule has 0 aliphatic rings. The number of hydrogen-bond donors (Lipinski definition) is 0. The Hall–Kier alpha value is -1.96. The summed E-state index contributed by atoms with van der Waals surface area (Å²) in [5, 5.41) is 0. The molecular formula is C21H28O2. The maximum absolute atomic E-state index is 5.86. The van der Waals surface area contributed by atoms with Crippen molar-refractivity contribution in [1.29, 1.82) is 0 Å². The van der Waals surface area contributed by atoms with Crippen molar-refractivity contribution >= 4 is 0 Å². The van der Waals surface area contributed by atoms with E-state index in [1.807, 2.05) is 12.1 Å². The predicted molar refractivity (Wildman–Crippen MR) is 96.4 cm³/mol. The van der Waals surface area contributed by atoms with Crippen LogP contribution in [0.15, 0.2) is 48.5 Å². The van der Waals surface area contributed by atoms with Gasteiger partial charge >= 0.3 is 0 Å². The van der Waals surface area contributed by atoms with E-state index in [2.05, 4.69) is 50.2 Å². The van der Waals surface area contributed by atoms with Crippen LogP contribution in [0.5, 0.6) is 11.5 Å². The summed E-state index contributed by atoms with van der Waals surface area (Å²) in [6.45, 7) is 5.22. The normalized spacial score (nSPS) is 10.8. The molecule has 0 spiro atoms. The highest BCUT2D eigenvalue weighted by atomic mass is 16.5. The minimum absolute atomic E-state index is 0.680. The maximum Gasteiger partial charge on any atom is 0.119 e. The molecule has 0 heterocycles. The molecule has 0 amide bonds. The summed E-state index contributed by atoms with van der Waals surface area (Å²) in [6, 6.07) is 16.7. The van der Waals surface area contributed by atoms with Crippen LogP contribution in [0.1, 0.15) is 37.8 Å². The molecule has 23 heavy (non-hydrogen) atoms. The highest BCUT2D eigenvalue weighted by Gasteiger charge is 2.05. The van der Waals surface area contributed by atoms with Crippen molar-refractivity contribution in [3.05, 3.63) is 59.7 Å². The average Bonchev–Trinajstić information content (AvgIpc) is 2.61. The number of ether oxygens (including phenoxy) is 2. The molecule has 0 aliphatic carbocycles. The van der Waals surface area contributed by atoms with Crippen LogP contribution in [0.3, 0.4) is 0 Å². The van der Waals surface area contributed by atoms with Gasteiger partial charge < -0.3 is 9.47 Å². The quantitative estimate of drug-likeness (QED) is 0.626. The first-order valence-electron chi connectivity index (χ1n) is 8.59. The van der Waals surface area contributed by atoms with E-state index < -0.39 is 0 Å². The lowest BCUT2D eigenvalue weighted by Gasteiger charge is -2.13. The van der Waals surface area contributed by atoms with Gasteiger partial charge in [-0.25, -0.2) is 0 Å². The van der Waals surface area contributed by atoms with Gasteiger partial charge in [0.15, 0.2) is 0 Å². The molecule has 0 saturated carbocycles. The molecule has 0 aromatic heterocycles. The van der Waals surface area contributed by atoms with Crippen molar-refractivity contribution in [2.75, 3.05) is 13.7 Å². The van der Waals surface area contributed by atoms with Crippen molar-refractivity contribution < 1.29 is 9.47 Å². The second kappa shape index (κ2) is 9.24. The van der Waals surface area contributed by atoms with Crippen LogP contribution in [-0.2, 0) is 12.8 Å². The Morgan fingerprint density at radius 1 is 0.870 bits per heavy atom. The zero-order valence-corrected chi connectivity index (χ0v) is 14.5. The van der Waals surface area contributed by atoms with Gasteiger partial charge in [0, 0.05) is 6.42 Å². The molecule has 0 fully saturated rings. The first-order valence-corrected chi connectivity index (χ1v) is 8.59. The number of benzene rings is 2. The van der Waals surface area contributed by atoms with Gasteiger partial charge in [-0.15, -0.1) is 0 Å². The van der Waals surface area contributed by atoms with E-state index in [9.17, 15) is 0 Å². The van der Waals surface area contributed by atoms with E-state index in [0.717, 1.165) is 30.3 Å². The van der Waals surface area contributed by atoms with E-state index in [-0.39, 0.29) is 0 Å². The van der Waals surface area contributed by atoms with Crippen LogP contribution in [0.25, 0.3) is 0 Å². The molecule has 0 unspecified atom stereocenters. The lowest BCUT2D eigenvalue weighted by Crippen LogP contribution is -2.03. The smallest absolute Gasteiger partial charge is 0.119 e. The summed E-state index contributed by atoms with van der Waals surface area (Å²) in [4.78, 5) is 0. The molecular weight excluding hydrogens is 284 g/mol. The third-order valence-electron chi connectivity index (χ3n) is 4.40. The Bertz CT molecular complexity index is 571. The summed E-state index contributed by atoms with van der Waals surface area (Å²) < 4.78 is 11.1. The Morgan fingerprint density at radius 3 is 2.26 bits per heavy atom. The van der Waals surface area contributed by atoms with Gasteiger partial charge in [0.05, 0.1) is 13.7 Å². The van der Waals surface area contributed by atoms with Crippen LogP contribution in [0.4, 0.5) is 0 Å². The van der Waals surface area contributed by atoms with E-state index in [1.54, 1.807) is 7.11 Å². The molecule has 0 atom stereocenters. The fourth-order valence-corrected chi connectivity index (χ4v) is 2.75. The molecule has 0 aliphatic heterocycles. The van der Waals surface area contributed by atoms with E-state index in [4.69, 9.17) is 9.47 Å². The number of methoxy groups -OCH3 is 1. The summed E-state index contributed by atoms with van der Waals surface area (Å²) in [6.07, 6.45) is 4.54. The fraction of sp³-hybridized carbons (Fsp3) is 0.429. The first kappa shape index (κ1) is 17.4. The molecule has 0 N–H and O–H groups in total. The lowest BCUT2D eigenvalue weighted by molar-refractivity contribution is 0.321. The van der Waals surface area contributed by atoms with Crippen molar-refractivity contribution in [2.24, 2.45) is 5.92 Å². The Balaban J connectivity index is 1.81. The van der Waals surface area contributed by atoms with Gasteiger partial charge in [-0.2, -0.15) is 0 Å². The Labute approximate surface area is 140 Å². The highest BCUT2D eigenvalue weighted by molar-refractivity contribution is 5.29. The molecule has 0 saturated heterocycles. The predicted octanol–water partition coefficient (Wildman–Crippen LogP) is 5.30. The number of rotatable bonds is 9. The molecule has 0 bridgehead atoms. The van der Waals surface area contributed by atoms with Crippen molar-refractivity contribution in [2.45, 2.75) is 39.5 Å². The summed E-state index contributed by atoms with van der Waals surface area (Å²) in [7, 11) is 1.69. The van der Waals surface area contributed by atoms with Gasteiger partial charge in [-0.3, -0.25) is 0 Å². The maximum atomic E-state index is 5.86. The van der Waals surface area contributed by atoms with Crippen LogP contribution >= 0.6 is 0 Å². The minimum Gasteiger partial charge on any atom is -0.497 e. The average molecular weight is 312 g/mol. The molecule has 2 nitrogen and oxygen atoms in total. The molecule has 0 radical (unpaired) electrons. The monoisotopic (exact) mass is 312 g/mol. The SMILES string of the molecule is CCC(CC)Cc1ccc(OCCc2cccc(OC)c2)cc1. The zero-order valence-electron chi connectivity index (χ0n) is 14.5. The third kappa shape index (κ3) is 5.63. The standard InChI is InChI=1S/C21H28O2/c1-4-17(5-2)15-19-9-11-20(12-10-19)23-14-13-18-7-6-8-21(16-18)22-3/h6-12,16-17H,4-5,13-15H2,1-3H3. The summed E-state index contributed by atoms with van der Waals surface area (Å²) in [5.41, 5.74) is 2.63. The van der Waals surface area contributed by atoms with Crippen LogP contribution in [0, 0.1) is 5.92 Å². The van der Waals surface area contributed by atoms with E-state index >= 15 is 0 Å². The van der Waals surface area contributed by atoms with E-state index in [0.29, 0.717) is 6.61 Å². The largest absolute Gasteiger partial charge is 0.497 e. The van der Waals surface area contributed by atoms with Crippen LogP contribution in [-0.4, -0.2) is 13.7 Å². The molecule has 2 heteroatoms. The Kier molecular flexibility index (Phi) is 6.99. The first-order chi connectivity index (χ1) is 11.2. The second-order valence-electron chi connectivity index (χ2n) is 5.98. The van der Waals surface area contributed by atoms with Gasteiger partial charge in [0.2, 0.25) is 0 Å². The highest BCUT2D eigenvalue weighted by Crippen LogP contribution is 2.19. The second-order valence-corrected chi connectivity index (χ2v) is 5.98. The zero-order chi connectivity index (χ0) is 16.5. The van der Waals surface area contributed by atoms with Gasteiger partial charge in [-0.1, -0.05) is 51.0 Å².